The second-order valence-electron chi connectivity index (χ2n) is 4.29. The summed E-state index contributed by atoms with van der Waals surface area (Å²) in [5.74, 6) is 0.271. The molecule has 2 rings (SSSR count). The number of aliphatic hydroxyl groups excluding tert-OH is 1. The van der Waals surface area contributed by atoms with E-state index < -0.39 is 11.0 Å². The van der Waals surface area contributed by atoms with E-state index in [4.69, 9.17) is 16.3 Å². The van der Waals surface area contributed by atoms with Crippen molar-refractivity contribution in [3.05, 3.63) is 57.4 Å². The highest BCUT2D eigenvalue weighted by Crippen LogP contribution is 2.37. The minimum absolute atomic E-state index is 0.0326. The van der Waals surface area contributed by atoms with Gasteiger partial charge in [0.25, 0.3) is 0 Å². The highest BCUT2D eigenvalue weighted by Gasteiger charge is 2.19. The predicted molar refractivity (Wildman–Crippen MR) is 77.7 cm³/mol. The Morgan fingerprint density at radius 2 is 2.19 bits per heavy atom. The van der Waals surface area contributed by atoms with Crippen molar-refractivity contribution in [1.82, 2.24) is 4.98 Å². The number of nitrogens with zero attached hydrogens (tertiary/aromatic N) is 2. The molecule has 1 aromatic carbocycles. The average Bonchev–Trinajstić information content (AvgIpc) is 2.49. The van der Waals surface area contributed by atoms with E-state index in [1.54, 1.807) is 12.1 Å². The molecule has 0 amide bonds. The van der Waals surface area contributed by atoms with Gasteiger partial charge in [0.1, 0.15) is 5.75 Å². The SMILES string of the molecule is CCC(O)c1ccc(Oc2c(Cl)cccc2[N+](=O)[O-])cn1. The topological polar surface area (TPSA) is 85.5 Å². The number of nitro groups is 1. The van der Waals surface area contributed by atoms with Crippen LogP contribution in [-0.4, -0.2) is 15.0 Å². The van der Waals surface area contributed by atoms with Crippen LogP contribution in [0.15, 0.2) is 36.5 Å². The molecule has 0 aliphatic heterocycles. The van der Waals surface area contributed by atoms with Crippen LogP contribution >= 0.6 is 11.6 Å². The predicted octanol–water partition coefficient (Wildman–Crippen LogP) is 3.88. The average molecular weight is 309 g/mol. The molecule has 0 bridgehead atoms. The molecule has 1 aromatic heterocycles. The molecule has 0 spiro atoms. The summed E-state index contributed by atoms with van der Waals surface area (Å²) < 4.78 is 5.45. The molecule has 0 saturated heterocycles. The Balaban J connectivity index is 2.28. The summed E-state index contributed by atoms with van der Waals surface area (Å²) in [7, 11) is 0. The molecule has 0 radical (unpaired) electrons. The minimum atomic E-state index is -0.645. The zero-order valence-electron chi connectivity index (χ0n) is 11.2. The van der Waals surface area contributed by atoms with E-state index in [1.165, 1.54) is 24.4 Å². The second kappa shape index (κ2) is 6.51. The number of para-hydroxylation sites is 1. The van der Waals surface area contributed by atoms with Crippen LogP contribution in [0.1, 0.15) is 25.1 Å². The van der Waals surface area contributed by atoms with Crippen LogP contribution in [0.2, 0.25) is 5.02 Å². The summed E-state index contributed by atoms with van der Waals surface area (Å²) in [6.45, 7) is 1.84. The standard InChI is InChI=1S/C14H13ClN2O4/c1-2-13(18)11-7-6-9(8-16-11)21-14-10(15)4-3-5-12(14)17(19)20/h3-8,13,18H,2H2,1H3. The van der Waals surface area contributed by atoms with Crippen molar-refractivity contribution >= 4 is 17.3 Å². The van der Waals surface area contributed by atoms with Crippen molar-refractivity contribution < 1.29 is 14.8 Å². The van der Waals surface area contributed by atoms with Crippen molar-refractivity contribution in [2.75, 3.05) is 0 Å². The van der Waals surface area contributed by atoms with Crippen LogP contribution in [-0.2, 0) is 0 Å². The molecule has 1 atom stereocenters. The molecule has 1 N–H and O–H groups in total. The lowest BCUT2D eigenvalue weighted by atomic mass is 10.2. The maximum Gasteiger partial charge on any atom is 0.313 e. The zero-order valence-corrected chi connectivity index (χ0v) is 11.9. The van der Waals surface area contributed by atoms with E-state index in [-0.39, 0.29) is 16.5 Å². The van der Waals surface area contributed by atoms with E-state index >= 15 is 0 Å². The number of halogens is 1. The van der Waals surface area contributed by atoms with E-state index in [0.29, 0.717) is 17.9 Å². The number of hydrogen-bond acceptors (Lipinski definition) is 5. The first-order valence-electron chi connectivity index (χ1n) is 6.27. The zero-order chi connectivity index (χ0) is 15.4. The van der Waals surface area contributed by atoms with Gasteiger partial charge in [0.2, 0.25) is 5.75 Å². The smallest absolute Gasteiger partial charge is 0.313 e. The van der Waals surface area contributed by atoms with Crippen molar-refractivity contribution in [2.45, 2.75) is 19.4 Å². The normalized spacial score (nSPS) is 12.0. The number of ether oxygens (including phenoxy) is 1. The fourth-order valence-electron chi connectivity index (χ4n) is 1.72. The monoisotopic (exact) mass is 308 g/mol. The van der Waals surface area contributed by atoms with Crippen LogP contribution in [0.25, 0.3) is 0 Å². The highest BCUT2D eigenvalue weighted by atomic mass is 35.5. The lowest BCUT2D eigenvalue weighted by Crippen LogP contribution is -1.99. The molecule has 1 unspecified atom stereocenters. The van der Waals surface area contributed by atoms with E-state index in [2.05, 4.69) is 4.98 Å². The summed E-state index contributed by atoms with van der Waals surface area (Å²) in [4.78, 5) is 14.5. The van der Waals surface area contributed by atoms with Crippen LogP contribution in [0.5, 0.6) is 11.5 Å². The molecule has 0 aliphatic rings. The van der Waals surface area contributed by atoms with Gasteiger partial charge in [-0.2, -0.15) is 0 Å². The third kappa shape index (κ3) is 3.48. The van der Waals surface area contributed by atoms with Crippen molar-refractivity contribution in [3.63, 3.8) is 0 Å². The van der Waals surface area contributed by atoms with Crippen molar-refractivity contribution in [3.8, 4) is 11.5 Å². The highest BCUT2D eigenvalue weighted by molar-refractivity contribution is 6.32. The summed E-state index contributed by atoms with van der Waals surface area (Å²) in [5, 5.41) is 20.8. The first-order valence-corrected chi connectivity index (χ1v) is 6.65. The molecule has 21 heavy (non-hydrogen) atoms. The summed E-state index contributed by atoms with van der Waals surface area (Å²) in [6.07, 6.45) is 1.29. The van der Waals surface area contributed by atoms with Gasteiger partial charge >= 0.3 is 5.69 Å². The summed E-state index contributed by atoms with van der Waals surface area (Å²) >= 11 is 5.94. The third-order valence-corrected chi connectivity index (χ3v) is 3.15. The van der Waals surface area contributed by atoms with E-state index in [0.717, 1.165) is 0 Å². The third-order valence-electron chi connectivity index (χ3n) is 2.85. The maximum absolute atomic E-state index is 11.0. The first kappa shape index (κ1) is 15.2. The lowest BCUT2D eigenvalue weighted by molar-refractivity contribution is -0.385. The number of hydrogen-bond donors (Lipinski definition) is 1. The summed E-state index contributed by atoms with van der Waals surface area (Å²) in [6, 6.07) is 7.48. The Morgan fingerprint density at radius 3 is 2.76 bits per heavy atom. The van der Waals surface area contributed by atoms with Gasteiger partial charge in [-0.25, -0.2) is 0 Å². The van der Waals surface area contributed by atoms with Gasteiger partial charge in [-0.3, -0.25) is 15.1 Å². The van der Waals surface area contributed by atoms with Crippen LogP contribution in [0.3, 0.4) is 0 Å². The van der Waals surface area contributed by atoms with Gasteiger partial charge in [0, 0.05) is 6.07 Å². The van der Waals surface area contributed by atoms with Crippen molar-refractivity contribution in [1.29, 1.82) is 0 Å². The van der Waals surface area contributed by atoms with Crippen molar-refractivity contribution in [2.24, 2.45) is 0 Å². The van der Waals surface area contributed by atoms with Crippen LogP contribution < -0.4 is 4.74 Å². The van der Waals surface area contributed by atoms with E-state index in [9.17, 15) is 15.2 Å². The van der Waals surface area contributed by atoms with E-state index in [1.807, 2.05) is 6.92 Å². The molecular weight excluding hydrogens is 296 g/mol. The van der Waals surface area contributed by atoms with Gasteiger partial charge in [0.15, 0.2) is 0 Å². The van der Waals surface area contributed by atoms with Gasteiger partial charge in [-0.15, -0.1) is 0 Å². The number of pyridine rings is 1. The molecule has 110 valence electrons. The number of aliphatic hydroxyl groups is 1. The molecule has 6 nitrogen and oxygen atoms in total. The molecule has 7 heteroatoms. The molecular formula is C14H13ClN2O4. The Morgan fingerprint density at radius 1 is 1.43 bits per heavy atom. The first-order chi connectivity index (χ1) is 10.0. The van der Waals surface area contributed by atoms with Gasteiger partial charge in [-0.1, -0.05) is 24.6 Å². The second-order valence-corrected chi connectivity index (χ2v) is 4.70. The Labute approximate surface area is 126 Å². The summed E-state index contributed by atoms with van der Waals surface area (Å²) in [5.41, 5.74) is 0.290. The molecule has 1 heterocycles. The number of benzene rings is 1. The Kier molecular flexibility index (Phi) is 4.72. The van der Waals surface area contributed by atoms with Gasteiger partial charge in [-0.05, 0) is 24.6 Å². The molecule has 0 fully saturated rings. The van der Waals surface area contributed by atoms with Gasteiger partial charge in [0.05, 0.1) is 27.9 Å². The number of nitro benzene ring substituents is 1. The fraction of sp³-hybridized carbons (Fsp3) is 0.214. The van der Waals surface area contributed by atoms with Crippen LogP contribution in [0.4, 0.5) is 5.69 Å². The Bertz CT molecular complexity index is 646. The Hall–Kier alpha value is -2.18. The number of aromatic nitrogens is 1. The molecule has 2 aromatic rings. The fourth-order valence-corrected chi connectivity index (χ4v) is 1.93. The maximum atomic E-state index is 11.0. The quantitative estimate of drug-likeness (QED) is 0.669. The largest absolute Gasteiger partial charge is 0.447 e. The number of rotatable bonds is 5. The van der Waals surface area contributed by atoms with Gasteiger partial charge < -0.3 is 9.84 Å². The molecule has 0 saturated carbocycles. The molecule has 0 aliphatic carbocycles. The van der Waals surface area contributed by atoms with Crippen LogP contribution in [0, 0.1) is 10.1 Å². The minimum Gasteiger partial charge on any atom is -0.447 e. The lowest BCUT2D eigenvalue weighted by Gasteiger charge is -2.10.